The Kier molecular flexibility index (Phi) is 6.02. The van der Waals surface area contributed by atoms with E-state index in [4.69, 9.17) is 5.73 Å². The molecule has 0 aliphatic rings. The minimum Gasteiger partial charge on any atom is -0.369 e. The Bertz CT molecular complexity index is 378. The van der Waals surface area contributed by atoms with Crippen LogP contribution < -0.4 is 16.0 Å². The molecule has 1 aromatic rings. The molecule has 0 saturated carbocycles. The second-order valence-electron chi connectivity index (χ2n) is 5.76. The molecule has 0 radical (unpaired) electrons. The fourth-order valence-corrected chi connectivity index (χ4v) is 1.56. The van der Waals surface area contributed by atoms with E-state index < -0.39 is 0 Å². The second kappa shape index (κ2) is 7.28. The Hall–Kier alpha value is -1.36. The Morgan fingerprint density at radius 3 is 2.74 bits per heavy atom. The first-order valence-corrected chi connectivity index (χ1v) is 6.95. The zero-order chi connectivity index (χ0) is 14.3. The molecular weight excluding hydrogens is 238 g/mol. The standard InChI is InChI=1S/C14H27N5/c1-5-6-7-19(4)13-8-12(17-11-18-13)16-10-14(2,3)9-15/h8,11H,5-7,9-10,15H2,1-4H3,(H,16,17,18). The van der Waals surface area contributed by atoms with E-state index in [9.17, 15) is 0 Å². The van der Waals surface area contributed by atoms with Crippen LogP contribution in [0.1, 0.15) is 33.6 Å². The number of nitrogens with zero attached hydrogens (tertiary/aromatic N) is 3. The summed E-state index contributed by atoms with van der Waals surface area (Å²) < 4.78 is 0. The Morgan fingerprint density at radius 2 is 2.11 bits per heavy atom. The lowest BCUT2D eigenvalue weighted by molar-refractivity contribution is 0.405. The van der Waals surface area contributed by atoms with Gasteiger partial charge in [-0.25, -0.2) is 9.97 Å². The number of nitrogens with one attached hydrogen (secondary N) is 1. The van der Waals surface area contributed by atoms with E-state index in [2.05, 4.69) is 48.0 Å². The molecular formula is C14H27N5. The molecule has 0 aliphatic heterocycles. The van der Waals surface area contributed by atoms with Crippen LogP contribution in [0.25, 0.3) is 0 Å². The third-order valence-electron chi connectivity index (χ3n) is 3.19. The maximum Gasteiger partial charge on any atom is 0.133 e. The Morgan fingerprint density at radius 1 is 1.37 bits per heavy atom. The molecule has 0 unspecified atom stereocenters. The van der Waals surface area contributed by atoms with E-state index in [1.54, 1.807) is 6.33 Å². The van der Waals surface area contributed by atoms with Crippen molar-refractivity contribution in [2.75, 3.05) is 36.9 Å². The van der Waals surface area contributed by atoms with Crippen LogP contribution in [0.5, 0.6) is 0 Å². The number of unbranched alkanes of at least 4 members (excludes halogenated alkanes) is 1. The van der Waals surface area contributed by atoms with Gasteiger partial charge >= 0.3 is 0 Å². The van der Waals surface area contributed by atoms with Crippen LogP contribution >= 0.6 is 0 Å². The molecule has 0 fully saturated rings. The van der Waals surface area contributed by atoms with Crippen LogP contribution in [0, 0.1) is 5.41 Å². The highest BCUT2D eigenvalue weighted by Crippen LogP contribution is 2.16. The van der Waals surface area contributed by atoms with Crippen molar-refractivity contribution in [1.29, 1.82) is 0 Å². The highest BCUT2D eigenvalue weighted by molar-refractivity contribution is 5.47. The van der Waals surface area contributed by atoms with E-state index in [1.807, 2.05) is 6.07 Å². The molecule has 3 N–H and O–H groups in total. The quantitative estimate of drug-likeness (QED) is 0.753. The smallest absolute Gasteiger partial charge is 0.133 e. The van der Waals surface area contributed by atoms with Gasteiger partial charge < -0.3 is 16.0 Å². The van der Waals surface area contributed by atoms with Crippen LogP contribution in [0.15, 0.2) is 12.4 Å². The summed E-state index contributed by atoms with van der Waals surface area (Å²) in [6.07, 6.45) is 3.96. The van der Waals surface area contributed by atoms with Gasteiger partial charge in [0.25, 0.3) is 0 Å². The molecule has 108 valence electrons. The summed E-state index contributed by atoms with van der Waals surface area (Å²) in [7, 11) is 2.06. The summed E-state index contributed by atoms with van der Waals surface area (Å²) in [6, 6.07) is 1.99. The maximum atomic E-state index is 5.72. The van der Waals surface area contributed by atoms with Crippen molar-refractivity contribution >= 4 is 11.6 Å². The fourth-order valence-electron chi connectivity index (χ4n) is 1.56. The van der Waals surface area contributed by atoms with Gasteiger partial charge in [-0.15, -0.1) is 0 Å². The molecule has 0 aliphatic carbocycles. The van der Waals surface area contributed by atoms with Crippen LogP contribution in [0.4, 0.5) is 11.6 Å². The van der Waals surface area contributed by atoms with Crippen molar-refractivity contribution in [2.45, 2.75) is 33.6 Å². The first-order valence-electron chi connectivity index (χ1n) is 6.95. The topological polar surface area (TPSA) is 67.1 Å². The predicted octanol–water partition coefficient (Wildman–Crippen LogP) is 2.11. The third-order valence-corrected chi connectivity index (χ3v) is 3.19. The second-order valence-corrected chi connectivity index (χ2v) is 5.76. The van der Waals surface area contributed by atoms with E-state index in [0.29, 0.717) is 6.54 Å². The average Bonchev–Trinajstić information content (AvgIpc) is 2.43. The summed E-state index contributed by atoms with van der Waals surface area (Å²) in [6.45, 7) is 8.93. The zero-order valence-electron chi connectivity index (χ0n) is 12.6. The van der Waals surface area contributed by atoms with E-state index >= 15 is 0 Å². The van der Waals surface area contributed by atoms with E-state index in [-0.39, 0.29) is 5.41 Å². The van der Waals surface area contributed by atoms with Gasteiger partial charge in [0.2, 0.25) is 0 Å². The Labute approximate surface area is 116 Å². The number of hydrogen-bond donors (Lipinski definition) is 2. The number of anilines is 2. The largest absolute Gasteiger partial charge is 0.369 e. The van der Waals surface area contributed by atoms with Crippen molar-refractivity contribution in [3.05, 3.63) is 12.4 Å². The molecule has 19 heavy (non-hydrogen) atoms. The van der Waals surface area contributed by atoms with Crippen molar-refractivity contribution in [1.82, 2.24) is 9.97 Å². The molecule has 0 amide bonds. The monoisotopic (exact) mass is 265 g/mol. The zero-order valence-corrected chi connectivity index (χ0v) is 12.6. The molecule has 0 aromatic carbocycles. The number of rotatable bonds is 8. The SMILES string of the molecule is CCCCN(C)c1cc(NCC(C)(C)CN)ncn1. The molecule has 0 atom stereocenters. The molecule has 0 bridgehead atoms. The molecule has 5 nitrogen and oxygen atoms in total. The first-order chi connectivity index (χ1) is 8.98. The van der Waals surface area contributed by atoms with Gasteiger partial charge in [-0.1, -0.05) is 27.2 Å². The molecule has 1 aromatic heterocycles. The molecule has 0 saturated heterocycles. The predicted molar refractivity (Wildman–Crippen MR) is 81.5 cm³/mol. The van der Waals surface area contributed by atoms with Crippen LogP contribution in [-0.2, 0) is 0 Å². The van der Waals surface area contributed by atoms with Gasteiger partial charge in [0.15, 0.2) is 0 Å². The lowest BCUT2D eigenvalue weighted by atomic mass is 9.94. The van der Waals surface area contributed by atoms with Crippen LogP contribution in [0.3, 0.4) is 0 Å². The minimum absolute atomic E-state index is 0.0687. The summed E-state index contributed by atoms with van der Waals surface area (Å²) >= 11 is 0. The first kappa shape index (κ1) is 15.7. The Balaban J connectivity index is 2.61. The van der Waals surface area contributed by atoms with Crippen molar-refractivity contribution in [3.63, 3.8) is 0 Å². The molecule has 0 spiro atoms. The summed E-state index contributed by atoms with van der Waals surface area (Å²) in [5.74, 6) is 1.81. The summed E-state index contributed by atoms with van der Waals surface area (Å²) in [4.78, 5) is 10.7. The minimum atomic E-state index is 0.0687. The van der Waals surface area contributed by atoms with E-state index in [0.717, 1.165) is 24.7 Å². The lowest BCUT2D eigenvalue weighted by Gasteiger charge is -2.23. The van der Waals surface area contributed by atoms with Crippen molar-refractivity contribution in [2.24, 2.45) is 11.1 Å². The van der Waals surface area contributed by atoms with Gasteiger partial charge in [-0.2, -0.15) is 0 Å². The number of aromatic nitrogens is 2. The van der Waals surface area contributed by atoms with Crippen molar-refractivity contribution < 1.29 is 0 Å². The van der Waals surface area contributed by atoms with Gasteiger partial charge in [0.05, 0.1) is 0 Å². The van der Waals surface area contributed by atoms with Gasteiger partial charge in [0, 0.05) is 26.2 Å². The molecule has 1 heterocycles. The third kappa shape index (κ3) is 5.42. The van der Waals surface area contributed by atoms with Gasteiger partial charge in [-0.3, -0.25) is 0 Å². The maximum absolute atomic E-state index is 5.72. The highest BCUT2D eigenvalue weighted by Gasteiger charge is 2.15. The van der Waals surface area contributed by atoms with E-state index in [1.165, 1.54) is 12.8 Å². The average molecular weight is 265 g/mol. The summed E-state index contributed by atoms with van der Waals surface area (Å²) in [5, 5.41) is 3.33. The van der Waals surface area contributed by atoms with Crippen LogP contribution in [0.2, 0.25) is 0 Å². The van der Waals surface area contributed by atoms with Gasteiger partial charge in [-0.05, 0) is 18.4 Å². The highest BCUT2D eigenvalue weighted by atomic mass is 15.2. The fraction of sp³-hybridized carbons (Fsp3) is 0.714. The lowest BCUT2D eigenvalue weighted by Crippen LogP contribution is -2.31. The molecule has 1 rings (SSSR count). The molecule has 5 heteroatoms. The van der Waals surface area contributed by atoms with Crippen molar-refractivity contribution in [3.8, 4) is 0 Å². The number of hydrogen-bond acceptors (Lipinski definition) is 5. The number of nitrogens with two attached hydrogens (primary N) is 1. The van der Waals surface area contributed by atoms with Crippen LogP contribution in [-0.4, -0.2) is 36.6 Å². The van der Waals surface area contributed by atoms with Gasteiger partial charge in [0.1, 0.15) is 18.0 Å². The summed E-state index contributed by atoms with van der Waals surface area (Å²) in [5.41, 5.74) is 5.79. The normalized spacial score (nSPS) is 11.4.